The molecule has 2 rings (SSSR count). The van der Waals surface area contributed by atoms with Crippen LogP contribution in [0.1, 0.15) is 27.7 Å². The fraction of sp³-hybridized carbons (Fsp3) is 0.733. The van der Waals surface area contributed by atoms with Crippen molar-refractivity contribution in [3.05, 3.63) is 12.4 Å². The van der Waals surface area contributed by atoms with E-state index in [0.717, 1.165) is 26.3 Å². The molecule has 0 amide bonds. The van der Waals surface area contributed by atoms with Crippen molar-refractivity contribution in [3.63, 3.8) is 0 Å². The van der Waals surface area contributed by atoms with Crippen LogP contribution in [0.3, 0.4) is 0 Å². The third-order valence-corrected chi connectivity index (χ3v) is 3.56. The average molecular weight is 294 g/mol. The number of morpholine rings is 1. The van der Waals surface area contributed by atoms with Crippen molar-refractivity contribution in [1.29, 1.82) is 0 Å². The number of rotatable bonds is 6. The summed E-state index contributed by atoms with van der Waals surface area (Å²) in [7, 11) is 0. The molecular weight excluding hydrogens is 268 g/mol. The molecule has 1 aromatic heterocycles. The highest BCUT2D eigenvalue weighted by Gasteiger charge is 2.23. The lowest BCUT2D eigenvalue weighted by Gasteiger charge is -2.37. The molecule has 21 heavy (non-hydrogen) atoms. The zero-order valence-corrected chi connectivity index (χ0v) is 13.4. The summed E-state index contributed by atoms with van der Waals surface area (Å²) in [5, 5.41) is 3.36. The van der Waals surface area contributed by atoms with Gasteiger partial charge < -0.3 is 14.8 Å². The lowest BCUT2D eigenvalue weighted by Crippen LogP contribution is -2.50. The second-order valence-electron chi connectivity index (χ2n) is 5.77. The Balaban J connectivity index is 1.93. The van der Waals surface area contributed by atoms with E-state index in [0.29, 0.717) is 23.8 Å². The Bertz CT molecular complexity index is 441. The van der Waals surface area contributed by atoms with E-state index >= 15 is 0 Å². The van der Waals surface area contributed by atoms with Gasteiger partial charge in [-0.15, -0.1) is 0 Å². The normalized spacial score (nSPS) is 21.3. The van der Waals surface area contributed by atoms with Crippen LogP contribution in [0.5, 0.6) is 5.88 Å². The third-order valence-electron chi connectivity index (χ3n) is 3.56. The Hall–Kier alpha value is -1.40. The molecule has 1 N–H and O–H groups in total. The van der Waals surface area contributed by atoms with Crippen molar-refractivity contribution in [3.8, 4) is 5.88 Å². The maximum Gasteiger partial charge on any atom is 0.257 e. The fourth-order valence-corrected chi connectivity index (χ4v) is 2.51. The number of nitrogens with one attached hydrogen (secondary N) is 1. The molecule has 2 unspecified atom stereocenters. The summed E-state index contributed by atoms with van der Waals surface area (Å²) in [4.78, 5) is 11.0. The van der Waals surface area contributed by atoms with E-state index in [1.807, 2.05) is 13.8 Å². The minimum atomic E-state index is 0.0824. The molecule has 6 nitrogen and oxygen atoms in total. The van der Waals surface area contributed by atoms with E-state index in [4.69, 9.17) is 9.47 Å². The van der Waals surface area contributed by atoms with E-state index in [-0.39, 0.29) is 6.10 Å². The molecule has 1 saturated heterocycles. The summed E-state index contributed by atoms with van der Waals surface area (Å²) in [5.74, 6) is 1.27. The molecule has 1 aromatic rings. The summed E-state index contributed by atoms with van der Waals surface area (Å²) in [6, 6.07) is 0.849. The van der Waals surface area contributed by atoms with Crippen molar-refractivity contribution in [2.24, 2.45) is 0 Å². The van der Waals surface area contributed by atoms with Crippen LogP contribution in [-0.2, 0) is 4.74 Å². The maximum absolute atomic E-state index is 5.67. The quantitative estimate of drug-likeness (QED) is 0.863. The largest absolute Gasteiger partial charge is 0.472 e. The van der Waals surface area contributed by atoms with Crippen LogP contribution in [0.4, 0.5) is 5.82 Å². The molecule has 0 aliphatic carbocycles. The van der Waals surface area contributed by atoms with Gasteiger partial charge in [0, 0.05) is 37.6 Å². The molecule has 1 aliphatic rings. The third kappa shape index (κ3) is 4.54. The van der Waals surface area contributed by atoms with Gasteiger partial charge in [0.15, 0.2) is 5.82 Å². The summed E-state index contributed by atoms with van der Waals surface area (Å²) < 4.78 is 11.2. The van der Waals surface area contributed by atoms with Crippen LogP contribution < -0.4 is 10.1 Å². The first-order valence-electron chi connectivity index (χ1n) is 7.63. The van der Waals surface area contributed by atoms with E-state index in [2.05, 4.69) is 34.0 Å². The van der Waals surface area contributed by atoms with Crippen molar-refractivity contribution < 1.29 is 9.47 Å². The second-order valence-corrected chi connectivity index (χ2v) is 5.77. The standard InChI is InChI=1S/C15H26N4O2/c1-11(2)21-15-14(16-5-6-17-15)18-9-12(3)19-7-8-20-10-13(19)4/h5-6,11-13H,7-10H2,1-4H3,(H,16,18). The minimum absolute atomic E-state index is 0.0824. The highest BCUT2D eigenvalue weighted by atomic mass is 16.5. The minimum Gasteiger partial charge on any atom is -0.472 e. The van der Waals surface area contributed by atoms with Crippen LogP contribution in [-0.4, -0.2) is 59.4 Å². The molecular formula is C15H26N4O2. The predicted octanol–water partition coefficient (Wildman–Crippen LogP) is 1.78. The van der Waals surface area contributed by atoms with Crippen molar-refractivity contribution >= 4 is 5.82 Å². The molecule has 0 saturated carbocycles. The van der Waals surface area contributed by atoms with Crippen LogP contribution in [0.2, 0.25) is 0 Å². The van der Waals surface area contributed by atoms with Crippen LogP contribution >= 0.6 is 0 Å². The van der Waals surface area contributed by atoms with Gasteiger partial charge in [0.25, 0.3) is 5.88 Å². The Kier molecular flexibility index (Phi) is 5.76. The first-order chi connectivity index (χ1) is 10.1. The SMILES string of the molecule is CC(C)Oc1nccnc1NCC(C)N1CCOCC1C. The van der Waals surface area contributed by atoms with Gasteiger partial charge in [-0.05, 0) is 27.7 Å². The van der Waals surface area contributed by atoms with Gasteiger partial charge >= 0.3 is 0 Å². The molecule has 1 aliphatic heterocycles. The van der Waals surface area contributed by atoms with Crippen LogP contribution in [0.15, 0.2) is 12.4 Å². The van der Waals surface area contributed by atoms with E-state index in [1.54, 1.807) is 12.4 Å². The van der Waals surface area contributed by atoms with E-state index < -0.39 is 0 Å². The van der Waals surface area contributed by atoms with Crippen molar-refractivity contribution in [2.75, 3.05) is 31.6 Å². The molecule has 0 aromatic carbocycles. The molecule has 6 heteroatoms. The van der Waals surface area contributed by atoms with Gasteiger partial charge in [-0.1, -0.05) is 0 Å². The maximum atomic E-state index is 5.67. The zero-order chi connectivity index (χ0) is 15.2. The van der Waals surface area contributed by atoms with Gasteiger partial charge in [0.1, 0.15) is 0 Å². The highest BCUT2D eigenvalue weighted by Crippen LogP contribution is 2.19. The van der Waals surface area contributed by atoms with Gasteiger partial charge in [-0.2, -0.15) is 0 Å². The van der Waals surface area contributed by atoms with Crippen molar-refractivity contribution in [2.45, 2.75) is 45.9 Å². The van der Waals surface area contributed by atoms with Gasteiger partial charge in [0.2, 0.25) is 0 Å². The van der Waals surface area contributed by atoms with Crippen molar-refractivity contribution in [1.82, 2.24) is 14.9 Å². The Morgan fingerprint density at radius 1 is 1.38 bits per heavy atom. The molecule has 1 fully saturated rings. The van der Waals surface area contributed by atoms with Gasteiger partial charge in [-0.3, -0.25) is 4.90 Å². The molecule has 118 valence electrons. The monoisotopic (exact) mass is 294 g/mol. The Labute approximate surface area is 126 Å². The Morgan fingerprint density at radius 3 is 2.86 bits per heavy atom. The number of ether oxygens (including phenoxy) is 2. The molecule has 2 atom stereocenters. The van der Waals surface area contributed by atoms with Crippen LogP contribution in [0, 0.1) is 0 Å². The summed E-state index contributed by atoms with van der Waals surface area (Å²) in [6.45, 7) is 11.8. The topological polar surface area (TPSA) is 59.5 Å². The second kappa shape index (κ2) is 7.56. The van der Waals surface area contributed by atoms with Gasteiger partial charge in [0.05, 0.1) is 19.3 Å². The lowest BCUT2D eigenvalue weighted by molar-refractivity contribution is -0.0159. The molecule has 0 bridgehead atoms. The molecule has 0 radical (unpaired) electrons. The van der Waals surface area contributed by atoms with Gasteiger partial charge in [-0.25, -0.2) is 9.97 Å². The highest BCUT2D eigenvalue weighted by molar-refractivity contribution is 5.44. The number of nitrogens with zero attached hydrogens (tertiary/aromatic N) is 3. The number of hydrogen-bond donors (Lipinski definition) is 1. The number of aromatic nitrogens is 2. The number of hydrogen-bond acceptors (Lipinski definition) is 6. The average Bonchev–Trinajstić information content (AvgIpc) is 2.46. The molecule has 0 spiro atoms. The number of anilines is 1. The van der Waals surface area contributed by atoms with E-state index in [1.165, 1.54) is 0 Å². The smallest absolute Gasteiger partial charge is 0.257 e. The van der Waals surface area contributed by atoms with Crippen LogP contribution in [0.25, 0.3) is 0 Å². The van der Waals surface area contributed by atoms with E-state index in [9.17, 15) is 0 Å². The lowest BCUT2D eigenvalue weighted by atomic mass is 10.2. The Morgan fingerprint density at radius 2 is 2.14 bits per heavy atom. The summed E-state index contributed by atoms with van der Waals surface area (Å²) in [6.07, 6.45) is 3.41. The summed E-state index contributed by atoms with van der Waals surface area (Å²) in [5.41, 5.74) is 0. The summed E-state index contributed by atoms with van der Waals surface area (Å²) >= 11 is 0. The predicted molar refractivity (Wildman–Crippen MR) is 82.7 cm³/mol. The fourth-order valence-electron chi connectivity index (χ4n) is 2.51. The first kappa shape index (κ1) is 16.0. The zero-order valence-electron chi connectivity index (χ0n) is 13.4. The first-order valence-corrected chi connectivity index (χ1v) is 7.63. The molecule has 2 heterocycles.